The molecule has 0 saturated heterocycles. The molecule has 27 heavy (non-hydrogen) atoms. The molecule has 2 aromatic rings. The van der Waals surface area contributed by atoms with Crippen LogP contribution in [-0.2, 0) is 4.74 Å². The molecule has 1 amide bonds. The highest BCUT2D eigenvalue weighted by molar-refractivity contribution is 5.93. The first-order valence-corrected chi connectivity index (χ1v) is 10.1. The fraction of sp³-hybridized carbons (Fsp3) is 0.619. The molecule has 2 aliphatic rings. The summed E-state index contributed by atoms with van der Waals surface area (Å²) in [4.78, 5) is 15.6. The Morgan fingerprint density at radius 3 is 2.63 bits per heavy atom. The van der Waals surface area contributed by atoms with E-state index in [0.717, 1.165) is 38.5 Å². The van der Waals surface area contributed by atoms with Crippen LogP contribution in [0.4, 0.5) is 0 Å². The van der Waals surface area contributed by atoms with Gasteiger partial charge in [0.1, 0.15) is 0 Å². The van der Waals surface area contributed by atoms with E-state index >= 15 is 0 Å². The summed E-state index contributed by atoms with van der Waals surface area (Å²) in [6.07, 6.45) is 11.7. The molecule has 6 nitrogen and oxygen atoms in total. The van der Waals surface area contributed by atoms with E-state index in [-0.39, 0.29) is 24.1 Å². The van der Waals surface area contributed by atoms with Crippen molar-refractivity contribution in [3.8, 4) is 11.5 Å². The molecule has 0 aliphatic heterocycles. The average Bonchev–Trinajstić information content (AvgIpc) is 3.41. The maximum absolute atomic E-state index is 13.5. The average molecular weight is 372 g/mol. The van der Waals surface area contributed by atoms with Crippen molar-refractivity contribution in [3.63, 3.8) is 0 Å². The van der Waals surface area contributed by atoms with Gasteiger partial charge in [-0.05, 0) is 37.8 Å². The summed E-state index contributed by atoms with van der Waals surface area (Å²) in [7, 11) is 1.76. The maximum atomic E-state index is 13.5. The van der Waals surface area contributed by atoms with Crippen LogP contribution >= 0.6 is 0 Å². The Balaban J connectivity index is 1.62. The van der Waals surface area contributed by atoms with Crippen LogP contribution in [0.2, 0.25) is 0 Å². The second kappa shape index (κ2) is 8.30. The zero-order valence-electron chi connectivity index (χ0n) is 15.9. The van der Waals surface area contributed by atoms with E-state index in [2.05, 4.69) is 10.1 Å². The number of aromatic nitrogens is 1. The zero-order chi connectivity index (χ0) is 18.6. The molecule has 146 valence electrons. The summed E-state index contributed by atoms with van der Waals surface area (Å²) in [6.45, 7) is 0. The van der Waals surface area contributed by atoms with Crippen LogP contribution in [0, 0.1) is 0 Å². The molecule has 2 aliphatic carbocycles. The molecule has 2 heterocycles. The molecular formula is C21H28N2O4. The van der Waals surface area contributed by atoms with Crippen LogP contribution in [0.5, 0.6) is 0 Å². The molecule has 0 aromatic carbocycles. The van der Waals surface area contributed by atoms with Crippen LogP contribution in [0.1, 0.15) is 68.3 Å². The number of hydrogen-bond donors (Lipinski definition) is 0. The normalized spacial score (nSPS) is 24.0. The largest absolute Gasteiger partial charge is 0.461 e. The van der Waals surface area contributed by atoms with Gasteiger partial charge in [0.15, 0.2) is 11.5 Å². The number of nitrogens with zero attached hydrogens (tertiary/aromatic N) is 2. The van der Waals surface area contributed by atoms with Crippen molar-refractivity contribution >= 4 is 5.91 Å². The number of amides is 1. The van der Waals surface area contributed by atoms with Gasteiger partial charge in [-0.25, -0.2) is 0 Å². The van der Waals surface area contributed by atoms with Crippen molar-refractivity contribution < 1.29 is 18.5 Å². The predicted molar refractivity (Wildman–Crippen MR) is 100 cm³/mol. The smallest absolute Gasteiger partial charge is 0.276 e. The van der Waals surface area contributed by atoms with Crippen LogP contribution in [0.3, 0.4) is 0 Å². The van der Waals surface area contributed by atoms with Crippen LogP contribution in [0.15, 0.2) is 33.4 Å². The Hall–Kier alpha value is -2.08. The van der Waals surface area contributed by atoms with E-state index in [1.807, 2.05) is 0 Å². The minimum atomic E-state index is -0.0441. The molecule has 0 spiro atoms. The predicted octanol–water partition coefficient (Wildman–Crippen LogP) is 4.67. The summed E-state index contributed by atoms with van der Waals surface area (Å²) < 4.78 is 16.5. The SMILES string of the molecule is COC1CCCCC1N(C(=O)c1cc(-c2ccco2)on1)C1CCCCC1. The van der Waals surface area contributed by atoms with E-state index in [1.165, 1.54) is 19.3 Å². The third kappa shape index (κ3) is 3.81. The first-order chi connectivity index (χ1) is 13.3. The van der Waals surface area contributed by atoms with Gasteiger partial charge in [0.2, 0.25) is 5.76 Å². The number of methoxy groups -OCH3 is 1. The van der Waals surface area contributed by atoms with Crippen LogP contribution in [0.25, 0.3) is 11.5 Å². The second-order valence-corrected chi connectivity index (χ2v) is 7.68. The third-order valence-corrected chi connectivity index (χ3v) is 6.02. The van der Waals surface area contributed by atoms with Crippen molar-refractivity contribution in [2.45, 2.75) is 76.0 Å². The van der Waals surface area contributed by atoms with Gasteiger partial charge in [-0.1, -0.05) is 37.3 Å². The number of ether oxygens (including phenoxy) is 1. The number of rotatable bonds is 5. The van der Waals surface area contributed by atoms with Crippen molar-refractivity contribution in [3.05, 3.63) is 30.2 Å². The fourth-order valence-corrected chi connectivity index (χ4v) is 4.66. The van der Waals surface area contributed by atoms with Gasteiger partial charge in [-0.3, -0.25) is 4.79 Å². The number of carbonyl (C=O) groups is 1. The molecule has 4 rings (SSSR count). The van der Waals surface area contributed by atoms with Gasteiger partial charge in [0.05, 0.1) is 18.4 Å². The summed E-state index contributed by atoms with van der Waals surface area (Å²) >= 11 is 0. The standard InChI is InChI=1S/C21H28N2O4/c1-25-18-11-6-5-10-17(18)23(15-8-3-2-4-9-15)21(24)16-14-20(27-22-16)19-12-7-13-26-19/h7,12-15,17-18H,2-6,8-11H2,1H3. The number of carbonyl (C=O) groups excluding carboxylic acids is 1. The van der Waals surface area contributed by atoms with Crippen molar-refractivity contribution in [1.29, 1.82) is 0 Å². The Morgan fingerprint density at radius 1 is 1.11 bits per heavy atom. The molecule has 2 atom stereocenters. The van der Waals surface area contributed by atoms with Gasteiger partial charge in [-0.15, -0.1) is 0 Å². The quantitative estimate of drug-likeness (QED) is 0.763. The molecule has 0 bridgehead atoms. The number of furan rings is 1. The van der Waals surface area contributed by atoms with E-state index in [0.29, 0.717) is 17.2 Å². The Morgan fingerprint density at radius 2 is 1.89 bits per heavy atom. The second-order valence-electron chi connectivity index (χ2n) is 7.68. The molecule has 0 N–H and O–H groups in total. The van der Waals surface area contributed by atoms with Crippen molar-refractivity contribution in [1.82, 2.24) is 10.1 Å². The van der Waals surface area contributed by atoms with Gasteiger partial charge >= 0.3 is 0 Å². The summed E-state index contributed by atoms with van der Waals surface area (Å²) in [5, 5.41) is 4.07. The lowest BCUT2D eigenvalue weighted by molar-refractivity contribution is -0.0240. The Labute approximate surface area is 159 Å². The minimum absolute atomic E-state index is 0.0441. The highest BCUT2D eigenvalue weighted by Gasteiger charge is 2.39. The fourth-order valence-electron chi connectivity index (χ4n) is 4.66. The van der Waals surface area contributed by atoms with Crippen LogP contribution in [-0.4, -0.2) is 41.3 Å². The Bertz CT molecular complexity index is 733. The molecule has 2 unspecified atom stereocenters. The maximum Gasteiger partial charge on any atom is 0.276 e. The molecule has 2 aromatic heterocycles. The van der Waals surface area contributed by atoms with E-state index in [1.54, 1.807) is 31.6 Å². The van der Waals surface area contributed by atoms with E-state index in [4.69, 9.17) is 13.7 Å². The van der Waals surface area contributed by atoms with Crippen molar-refractivity contribution in [2.75, 3.05) is 7.11 Å². The van der Waals surface area contributed by atoms with E-state index < -0.39 is 0 Å². The van der Waals surface area contributed by atoms with Gasteiger partial charge in [0, 0.05) is 19.2 Å². The van der Waals surface area contributed by atoms with Gasteiger partial charge in [0.25, 0.3) is 5.91 Å². The first kappa shape index (κ1) is 18.3. The molecule has 0 radical (unpaired) electrons. The minimum Gasteiger partial charge on any atom is -0.461 e. The molecular weight excluding hydrogens is 344 g/mol. The molecule has 2 saturated carbocycles. The first-order valence-electron chi connectivity index (χ1n) is 10.1. The van der Waals surface area contributed by atoms with E-state index in [9.17, 15) is 4.79 Å². The lowest BCUT2D eigenvalue weighted by Gasteiger charge is -2.44. The summed E-state index contributed by atoms with van der Waals surface area (Å²) in [6, 6.07) is 5.66. The molecule has 2 fully saturated rings. The number of hydrogen-bond acceptors (Lipinski definition) is 5. The van der Waals surface area contributed by atoms with Crippen LogP contribution < -0.4 is 0 Å². The topological polar surface area (TPSA) is 68.7 Å². The highest BCUT2D eigenvalue weighted by Crippen LogP contribution is 2.33. The van der Waals surface area contributed by atoms with Gasteiger partial charge < -0.3 is 18.6 Å². The lowest BCUT2D eigenvalue weighted by Crippen LogP contribution is -2.54. The zero-order valence-corrected chi connectivity index (χ0v) is 15.9. The molecule has 6 heteroatoms. The lowest BCUT2D eigenvalue weighted by atomic mass is 9.86. The monoisotopic (exact) mass is 372 g/mol. The summed E-state index contributed by atoms with van der Waals surface area (Å²) in [5.41, 5.74) is 0.354. The Kier molecular flexibility index (Phi) is 5.62. The third-order valence-electron chi connectivity index (χ3n) is 6.02. The van der Waals surface area contributed by atoms with Gasteiger partial charge in [-0.2, -0.15) is 0 Å². The van der Waals surface area contributed by atoms with Crippen molar-refractivity contribution in [2.24, 2.45) is 0 Å². The summed E-state index contributed by atoms with van der Waals surface area (Å²) in [5.74, 6) is 1.02. The highest BCUT2D eigenvalue weighted by atomic mass is 16.5.